The summed E-state index contributed by atoms with van der Waals surface area (Å²) < 4.78 is 0. The first kappa shape index (κ1) is 13.0. The van der Waals surface area contributed by atoms with Crippen molar-refractivity contribution >= 4 is 28.9 Å². The zero-order valence-electron chi connectivity index (χ0n) is 7.85. The van der Waals surface area contributed by atoms with Crippen LogP contribution in [0.3, 0.4) is 0 Å². The second-order valence-corrected chi connectivity index (χ2v) is 3.76. The molecule has 1 atom stereocenters. The second-order valence-electron chi connectivity index (χ2n) is 3.01. The van der Waals surface area contributed by atoms with E-state index in [4.69, 9.17) is 34.0 Å². The average Bonchev–Trinajstić information content (AvgIpc) is 2.25. The number of aliphatic hydroxyl groups excluding tert-OH is 1. The monoisotopic (exact) mass is 266 g/mol. The van der Waals surface area contributed by atoms with Gasteiger partial charge in [0.15, 0.2) is 0 Å². The normalized spacial score (nSPS) is 12.5. The van der Waals surface area contributed by atoms with E-state index >= 15 is 0 Å². The fourth-order valence-corrected chi connectivity index (χ4v) is 1.55. The van der Waals surface area contributed by atoms with E-state index in [1.165, 1.54) is 0 Å². The minimum atomic E-state index is -0.964. The molecule has 0 amide bonds. The number of benzene rings is 1. The van der Waals surface area contributed by atoms with Gasteiger partial charge in [-0.05, 0) is 0 Å². The zero-order chi connectivity index (χ0) is 12.5. The fourth-order valence-electron chi connectivity index (χ4n) is 1.14. The van der Waals surface area contributed by atoms with Crippen LogP contribution in [0.1, 0.15) is 11.6 Å². The number of hydrogen-bond donors (Lipinski definition) is 3. The molecule has 0 unspecified atom stereocenters. The van der Waals surface area contributed by atoms with Gasteiger partial charge in [0.2, 0.25) is 0 Å². The predicted octanol–water partition coefficient (Wildman–Crippen LogP) is 1.60. The number of nitro benzene ring substituents is 1. The summed E-state index contributed by atoms with van der Waals surface area (Å²) in [5.74, 6) is -0.459. The number of phenolic OH excluding ortho intramolecular Hbond substituents is 1. The Morgan fingerprint density at radius 2 is 2.06 bits per heavy atom. The molecule has 0 aliphatic rings. The third-order valence-corrected chi connectivity index (χ3v) is 2.83. The molecule has 0 fully saturated rings. The van der Waals surface area contributed by atoms with Crippen molar-refractivity contribution < 1.29 is 15.1 Å². The fraction of sp³-hybridized carbons (Fsp3) is 0.250. The molecule has 1 aromatic carbocycles. The summed E-state index contributed by atoms with van der Waals surface area (Å²) in [5, 5.41) is 28.3. The van der Waals surface area contributed by atoms with Gasteiger partial charge < -0.3 is 15.9 Å². The first-order valence-electron chi connectivity index (χ1n) is 4.11. The van der Waals surface area contributed by atoms with Gasteiger partial charge in [0.1, 0.15) is 15.8 Å². The molecule has 0 heterocycles. The topological polar surface area (TPSA) is 110 Å². The van der Waals surface area contributed by atoms with Crippen molar-refractivity contribution in [3.05, 3.63) is 31.8 Å². The number of aromatic hydroxyl groups is 1. The highest BCUT2D eigenvalue weighted by molar-refractivity contribution is 6.44. The lowest BCUT2D eigenvalue weighted by Gasteiger charge is -2.12. The van der Waals surface area contributed by atoms with E-state index in [9.17, 15) is 15.2 Å². The maximum Gasteiger partial charge on any atom is 0.290 e. The SMILES string of the molecule is N[C@H](CO)c1cc([N+](=O)[O-])c(Cl)c(Cl)c1O. The number of nitro groups is 1. The van der Waals surface area contributed by atoms with Crippen LogP contribution in [0, 0.1) is 10.1 Å². The maximum absolute atomic E-state index is 10.6. The number of halogens is 2. The predicted molar refractivity (Wildman–Crippen MR) is 58.8 cm³/mol. The summed E-state index contributed by atoms with van der Waals surface area (Å²) in [6.07, 6.45) is 0. The smallest absolute Gasteiger partial charge is 0.290 e. The summed E-state index contributed by atoms with van der Waals surface area (Å²) >= 11 is 11.2. The number of rotatable bonds is 3. The van der Waals surface area contributed by atoms with Crippen LogP contribution in [-0.4, -0.2) is 21.7 Å². The van der Waals surface area contributed by atoms with Gasteiger partial charge in [-0.25, -0.2) is 0 Å². The molecule has 0 aliphatic heterocycles. The van der Waals surface area contributed by atoms with Gasteiger partial charge >= 0.3 is 0 Å². The van der Waals surface area contributed by atoms with Crippen LogP contribution in [0.4, 0.5) is 5.69 Å². The van der Waals surface area contributed by atoms with Crippen LogP contribution in [0.15, 0.2) is 6.07 Å². The minimum Gasteiger partial charge on any atom is -0.506 e. The molecule has 0 bridgehead atoms. The first-order chi connectivity index (χ1) is 7.40. The number of nitrogens with two attached hydrogens (primary N) is 1. The largest absolute Gasteiger partial charge is 0.506 e. The molecular formula is C8H8Cl2N2O4. The highest BCUT2D eigenvalue weighted by atomic mass is 35.5. The van der Waals surface area contributed by atoms with Crippen molar-refractivity contribution in [1.29, 1.82) is 0 Å². The molecular weight excluding hydrogens is 259 g/mol. The molecule has 0 spiro atoms. The summed E-state index contributed by atoms with van der Waals surface area (Å²) in [6.45, 7) is -0.483. The number of nitrogens with zero attached hydrogens (tertiary/aromatic N) is 1. The molecule has 0 radical (unpaired) electrons. The Hall–Kier alpha value is -1.08. The van der Waals surface area contributed by atoms with Crippen LogP contribution in [-0.2, 0) is 0 Å². The van der Waals surface area contributed by atoms with Crippen molar-refractivity contribution in [3.63, 3.8) is 0 Å². The standard InChI is InChI=1S/C8H8Cl2N2O4/c9-6-5(12(15)16)1-3(4(11)2-13)8(14)7(6)10/h1,4,13-14H,2,11H2/t4-/m1/s1. The molecule has 1 aromatic rings. The Bertz CT molecular complexity index is 439. The van der Waals surface area contributed by atoms with Crippen LogP contribution < -0.4 is 5.73 Å². The van der Waals surface area contributed by atoms with Gasteiger partial charge in [0, 0.05) is 11.6 Å². The average molecular weight is 267 g/mol. The first-order valence-corrected chi connectivity index (χ1v) is 4.87. The van der Waals surface area contributed by atoms with E-state index in [-0.39, 0.29) is 15.6 Å². The van der Waals surface area contributed by atoms with Crippen molar-refractivity contribution in [2.75, 3.05) is 6.61 Å². The van der Waals surface area contributed by atoms with Gasteiger partial charge in [0.05, 0.1) is 17.6 Å². The molecule has 4 N–H and O–H groups in total. The molecule has 88 valence electrons. The molecule has 8 heteroatoms. The van der Waals surface area contributed by atoms with Gasteiger partial charge in [-0.2, -0.15) is 0 Å². The lowest BCUT2D eigenvalue weighted by molar-refractivity contribution is -0.384. The van der Waals surface area contributed by atoms with E-state index in [1.807, 2.05) is 0 Å². The molecule has 16 heavy (non-hydrogen) atoms. The van der Waals surface area contributed by atoms with Gasteiger partial charge in [-0.15, -0.1) is 0 Å². The molecule has 1 rings (SSSR count). The summed E-state index contributed by atoms with van der Waals surface area (Å²) in [6, 6.07) is 0.0261. The molecule has 0 saturated heterocycles. The molecule has 0 aromatic heterocycles. The number of hydrogen-bond acceptors (Lipinski definition) is 5. The third-order valence-electron chi connectivity index (χ3n) is 1.98. The lowest BCUT2D eigenvalue weighted by Crippen LogP contribution is -2.15. The maximum atomic E-state index is 10.6. The molecule has 6 nitrogen and oxygen atoms in total. The van der Waals surface area contributed by atoms with Crippen LogP contribution in [0.25, 0.3) is 0 Å². The van der Waals surface area contributed by atoms with E-state index in [0.29, 0.717) is 0 Å². The van der Waals surface area contributed by atoms with E-state index < -0.39 is 29.0 Å². The Labute approximate surface area is 100 Å². The van der Waals surface area contributed by atoms with Crippen molar-refractivity contribution in [2.45, 2.75) is 6.04 Å². The lowest BCUT2D eigenvalue weighted by atomic mass is 10.1. The summed E-state index contributed by atoms with van der Waals surface area (Å²) in [5.41, 5.74) is 4.96. The Morgan fingerprint density at radius 1 is 1.50 bits per heavy atom. The van der Waals surface area contributed by atoms with Crippen LogP contribution in [0.5, 0.6) is 5.75 Å². The van der Waals surface area contributed by atoms with Crippen LogP contribution in [0.2, 0.25) is 10.0 Å². The Kier molecular flexibility index (Phi) is 3.93. The van der Waals surface area contributed by atoms with E-state index in [2.05, 4.69) is 0 Å². The quantitative estimate of drug-likeness (QED) is 0.569. The second kappa shape index (κ2) is 4.84. The van der Waals surface area contributed by atoms with Crippen molar-refractivity contribution in [2.24, 2.45) is 5.73 Å². The van der Waals surface area contributed by atoms with Gasteiger partial charge in [-0.3, -0.25) is 10.1 Å². The number of aliphatic hydroxyl groups is 1. The van der Waals surface area contributed by atoms with Crippen molar-refractivity contribution in [1.82, 2.24) is 0 Å². The highest BCUT2D eigenvalue weighted by Crippen LogP contribution is 2.42. The minimum absolute atomic E-state index is 0.0244. The van der Waals surface area contributed by atoms with Gasteiger partial charge in [-0.1, -0.05) is 23.2 Å². The third kappa shape index (κ3) is 2.19. The molecule has 0 saturated carbocycles. The van der Waals surface area contributed by atoms with Crippen molar-refractivity contribution in [3.8, 4) is 5.75 Å². The zero-order valence-corrected chi connectivity index (χ0v) is 9.37. The van der Waals surface area contributed by atoms with E-state index in [1.54, 1.807) is 0 Å². The highest BCUT2D eigenvalue weighted by Gasteiger charge is 2.24. The Balaban J connectivity index is 3.47. The van der Waals surface area contributed by atoms with Crippen LogP contribution >= 0.6 is 23.2 Å². The Morgan fingerprint density at radius 3 is 2.50 bits per heavy atom. The summed E-state index contributed by atoms with van der Waals surface area (Å²) in [4.78, 5) is 9.88. The molecule has 0 aliphatic carbocycles. The van der Waals surface area contributed by atoms with Gasteiger partial charge in [0.25, 0.3) is 5.69 Å². The van der Waals surface area contributed by atoms with E-state index in [0.717, 1.165) is 6.07 Å². The summed E-state index contributed by atoms with van der Waals surface area (Å²) in [7, 11) is 0. The number of phenols is 1.